The van der Waals surface area contributed by atoms with Crippen LogP contribution in [0.5, 0.6) is 5.75 Å². The van der Waals surface area contributed by atoms with Gasteiger partial charge in [0.25, 0.3) is 0 Å². The van der Waals surface area contributed by atoms with Gasteiger partial charge in [-0.1, -0.05) is 19.1 Å². The van der Waals surface area contributed by atoms with Gasteiger partial charge in [-0.05, 0) is 18.6 Å². The third kappa shape index (κ3) is 2.05. The van der Waals surface area contributed by atoms with Crippen LogP contribution < -0.4 is 10.4 Å². The van der Waals surface area contributed by atoms with E-state index >= 15 is 0 Å². The fourth-order valence-corrected chi connectivity index (χ4v) is 1.51. The van der Waals surface area contributed by atoms with E-state index in [0.29, 0.717) is 17.9 Å². The number of hydrogen-bond donors (Lipinski definition) is 2. The fraction of sp³-hybridized carbons (Fsp3) is 0.273. The molecule has 2 rings (SSSR count). The predicted octanol–water partition coefficient (Wildman–Crippen LogP) is 0.901. The van der Waals surface area contributed by atoms with E-state index < -0.39 is 7.12 Å². The van der Waals surface area contributed by atoms with Crippen LogP contribution in [0, 0.1) is 0 Å². The van der Waals surface area contributed by atoms with Crippen molar-refractivity contribution in [2.24, 2.45) is 0 Å². The molecule has 0 aliphatic heterocycles. The monoisotopic (exact) mass is 220 g/mol. The van der Waals surface area contributed by atoms with E-state index in [1.165, 1.54) is 0 Å². The molecular formula is C11H13BO4. The summed E-state index contributed by atoms with van der Waals surface area (Å²) in [5.74, 6) is 0.631. The fourth-order valence-electron chi connectivity index (χ4n) is 1.51. The van der Waals surface area contributed by atoms with Crippen LogP contribution >= 0.6 is 0 Å². The van der Waals surface area contributed by atoms with E-state index in [-0.39, 0.29) is 5.66 Å². The van der Waals surface area contributed by atoms with Crippen LogP contribution in [0.4, 0.5) is 0 Å². The Hall–Kier alpha value is -1.46. The van der Waals surface area contributed by atoms with Crippen molar-refractivity contribution in [3.63, 3.8) is 0 Å². The lowest BCUT2D eigenvalue weighted by Gasteiger charge is -2.04. The van der Waals surface area contributed by atoms with Crippen LogP contribution in [0.25, 0.3) is 11.0 Å². The van der Waals surface area contributed by atoms with Crippen LogP contribution in [-0.4, -0.2) is 23.8 Å². The molecule has 0 saturated heterocycles. The lowest BCUT2D eigenvalue weighted by Crippen LogP contribution is -2.27. The Bertz CT molecular complexity index is 478. The highest BCUT2D eigenvalue weighted by Gasteiger charge is 2.18. The minimum atomic E-state index is -1.59. The van der Waals surface area contributed by atoms with Gasteiger partial charge in [-0.3, -0.25) is 0 Å². The van der Waals surface area contributed by atoms with Gasteiger partial charge < -0.3 is 19.2 Å². The molecule has 0 aliphatic carbocycles. The zero-order valence-corrected chi connectivity index (χ0v) is 9.01. The van der Waals surface area contributed by atoms with E-state index in [1.807, 2.05) is 19.1 Å². The van der Waals surface area contributed by atoms with E-state index in [4.69, 9.17) is 19.2 Å². The van der Waals surface area contributed by atoms with Gasteiger partial charge >= 0.3 is 7.12 Å². The number of ether oxygens (including phenoxy) is 1. The SMILES string of the molecule is CCCOc1cccc2cc(B(O)O)oc12. The van der Waals surface area contributed by atoms with Crippen LogP contribution in [-0.2, 0) is 0 Å². The molecule has 5 heteroatoms. The Balaban J connectivity index is 2.41. The van der Waals surface area contributed by atoms with Crippen molar-refractivity contribution in [1.29, 1.82) is 0 Å². The summed E-state index contributed by atoms with van der Waals surface area (Å²) in [4.78, 5) is 0. The first-order valence-electron chi connectivity index (χ1n) is 5.23. The largest absolute Gasteiger partial charge is 0.526 e. The number of benzene rings is 1. The summed E-state index contributed by atoms with van der Waals surface area (Å²) in [6, 6.07) is 7.08. The molecule has 0 aliphatic rings. The van der Waals surface area contributed by atoms with Gasteiger partial charge in [0.05, 0.1) is 6.61 Å². The Kier molecular flexibility index (Phi) is 3.17. The highest BCUT2D eigenvalue weighted by Crippen LogP contribution is 2.25. The quantitative estimate of drug-likeness (QED) is 0.751. The maximum atomic E-state index is 9.01. The molecule has 1 aromatic heterocycles. The molecule has 0 fully saturated rings. The van der Waals surface area contributed by atoms with Gasteiger partial charge in [0.2, 0.25) is 0 Å². The highest BCUT2D eigenvalue weighted by atomic mass is 16.5. The third-order valence-corrected chi connectivity index (χ3v) is 2.24. The summed E-state index contributed by atoms with van der Waals surface area (Å²) < 4.78 is 10.8. The van der Waals surface area contributed by atoms with E-state index in [2.05, 4.69) is 0 Å². The molecule has 84 valence electrons. The molecule has 4 nitrogen and oxygen atoms in total. The van der Waals surface area contributed by atoms with Crippen molar-refractivity contribution in [2.45, 2.75) is 13.3 Å². The van der Waals surface area contributed by atoms with E-state index in [1.54, 1.807) is 12.1 Å². The topological polar surface area (TPSA) is 62.8 Å². The van der Waals surface area contributed by atoms with Crippen LogP contribution in [0.3, 0.4) is 0 Å². The molecular weight excluding hydrogens is 207 g/mol. The molecule has 0 bridgehead atoms. The summed E-state index contributed by atoms with van der Waals surface area (Å²) in [7, 11) is -1.59. The van der Waals surface area contributed by atoms with Crippen molar-refractivity contribution in [3.05, 3.63) is 24.3 Å². The molecule has 0 spiro atoms. The van der Waals surface area contributed by atoms with E-state index in [9.17, 15) is 0 Å². The summed E-state index contributed by atoms with van der Waals surface area (Å²) in [6.45, 7) is 2.63. The summed E-state index contributed by atoms with van der Waals surface area (Å²) in [5.41, 5.74) is 0.682. The van der Waals surface area contributed by atoms with Crippen molar-refractivity contribution < 1.29 is 19.2 Å². The summed E-state index contributed by atoms with van der Waals surface area (Å²) >= 11 is 0. The van der Waals surface area contributed by atoms with Gasteiger partial charge in [-0.2, -0.15) is 0 Å². The number of hydrogen-bond acceptors (Lipinski definition) is 4. The molecule has 16 heavy (non-hydrogen) atoms. The van der Waals surface area contributed by atoms with Crippen molar-refractivity contribution in [3.8, 4) is 5.75 Å². The first-order valence-corrected chi connectivity index (χ1v) is 5.23. The normalized spacial score (nSPS) is 10.7. The Morgan fingerprint density at radius 1 is 1.38 bits per heavy atom. The van der Waals surface area contributed by atoms with Crippen molar-refractivity contribution in [1.82, 2.24) is 0 Å². The maximum absolute atomic E-state index is 9.01. The summed E-state index contributed by atoms with van der Waals surface area (Å²) in [5, 5.41) is 18.8. The average Bonchev–Trinajstić information content (AvgIpc) is 2.70. The van der Waals surface area contributed by atoms with Gasteiger partial charge in [-0.15, -0.1) is 0 Å². The second-order valence-electron chi connectivity index (χ2n) is 3.55. The molecule has 0 radical (unpaired) electrons. The van der Waals surface area contributed by atoms with Gasteiger partial charge in [0.15, 0.2) is 11.3 Å². The molecule has 0 saturated carbocycles. The van der Waals surface area contributed by atoms with Gasteiger partial charge in [0.1, 0.15) is 5.66 Å². The van der Waals surface area contributed by atoms with Crippen molar-refractivity contribution in [2.75, 3.05) is 6.61 Å². The Labute approximate surface area is 93.6 Å². The molecule has 0 amide bonds. The highest BCUT2D eigenvalue weighted by molar-refractivity contribution is 6.57. The third-order valence-electron chi connectivity index (χ3n) is 2.24. The standard InChI is InChI=1S/C11H13BO4/c1-2-6-15-9-5-3-4-8-7-10(12(13)14)16-11(8)9/h3-5,7,13-14H,2,6H2,1H3. The second-order valence-corrected chi connectivity index (χ2v) is 3.55. The molecule has 0 unspecified atom stereocenters. The first kappa shape index (κ1) is 11.0. The molecule has 2 aromatic rings. The second kappa shape index (κ2) is 4.59. The van der Waals surface area contributed by atoms with Crippen molar-refractivity contribution >= 4 is 23.7 Å². The Morgan fingerprint density at radius 2 is 2.19 bits per heavy atom. The molecule has 2 N–H and O–H groups in total. The first-order chi connectivity index (χ1) is 7.72. The van der Waals surface area contributed by atoms with Crippen LogP contribution in [0.1, 0.15) is 13.3 Å². The number of furan rings is 1. The minimum Gasteiger partial charge on any atom is -0.490 e. The smallest absolute Gasteiger partial charge is 0.490 e. The van der Waals surface area contributed by atoms with Gasteiger partial charge in [0, 0.05) is 5.39 Å². The molecule has 1 aromatic carbocycles. The number of rotatable bonds is 4. The zero-order chi connectivity index (χ0) is 11.5. The maximum Gasteiger partial charge on any atom is 0.526 e. The lowest BCUT2D eigenvalue weighted by molar-refractivity contribution is 0.316. The van der Waals surface area contributed by atoms with Crippen LogP contribution in [0.15, 0.2) is 28.7 Å². The number of fused-ring (bicyclic) bond motifs is 1. The number of para-hydroxylation sites is 1. The Morgan fingerprint density at radius 3 is 2.88 bits per heavy atom. The summed E-state index contributed by atoms with van der Waals surface area (Å²) in [6.07, 6.45) is 0.909. The van der Waals surface area contributed by atoms with Gasteiger partial charge in [-0.25, -0.2) is 0 Å². The van der Waals surface area contributed by atoms with Crippen LogP contribution in [0.2, 0.25) is 0 Å². The lowest BCUT2D eigenvalue weighted by atomic mass is 9.88. The van der Waals surface area contributed by atoms with E-state index in [0.717, 1.165) is 11.8 Å². The zero-order valence-electron chi connectivity index (χ0n) is 9.01. The average molecular weight is 220 g/mol. The predicted molar refractivity (Wildman–Crippen MR) is 61.8 cm³/mol. The molecule has 0 atom stereocenters. The molecule has 1 heterocycles. The minimum absolute atomic E-state index is 0.127.